The Morgan fingerprint density at radius 3 is 2.45 bits per heavy atom. The third-order valence-corrected chi connectivity index (χ3v) is 4.07. The van der Waals surface area contributed by atoms with E-state index in [9.17, 15) is 4.79 Å². The lowest BCUT2D eigenvalue weighted by atomic mass is 10.2. The predicted molar refractivity (Wildman–Crippen MR) is 117 cm³/mol. The number of hydrogen-bond donors (Lipinski definition) is 3. The highest BCUT2D eigenvalue weighted by molar-refractivity contribution is 7.80. The second kappa shape index (κ2) is 11.6. The summed E-state index contributed by atoms with van der Waals surface area (Å²) in [6, 6.07) is 13.0. The Hall–Kier alpha value is -3.26. The quantitative estimate of drug-likeness (QED) is 0.347. The van der Waals surface area contributed by atoms with Crippen LogP contribution in [0.2, 0.25) is 0 Å². The first-order valence-corrected chi connectivity index (χ1v) is 9.42. The van der Waals surface area contributed by atoms with Crippen molar-refractivity contribution in [2.45, 2.75) is 13.5 Å². The van der Waals surface area contributed by atoms with Gasteiger partial charge in [0.25, 0.3) is 5.91 Å². The maximum Gasteiger partial charge on any atom is 0.262 e. The highest BCUT2D eigenvalue weighted by atomic mass is 32.1. The molecule has 0 atom stereocenters. The Morgan fingerprint density at radius 2 is 1.79 bits per heavy atom. The van der Waals surface area contributed by atoms with E-state index in [0.717, 1.165) is 16.9 Å². The van der Waals surface area contributed by atoms with E-state index in [1.54, 1.807) is 32.4 Å². The van der Waals surface area contributed by atoms with E-state index in [4.69, 9.17) is 26.4 Å². The van der Waals surface area contributed by atoms with Gasteiger partial charge in [-0.2, -0.15) is 0 Å². The van der Waals surface area contributed by atoms with Crippen LogP contribution in [0.1, 0.15) is 18.1 Å². The first kappa shape index (κ1) is 22.0. The number of amides is 1. The molecule has 0 heterocycles. The number of rotatable bonds is 8. The van der Waals surface area contributed by atoms with Crippen molar-refractivity contribution in [3.63, 3.8) is 0 Å². The number of ether oxygens (including phenoxy) is 3. The van der Waals surface area contributed by atoms with Crippen molar-refractivity contribution in [3.05, 3.63) is 59.7 Å². The van der Waals surface area contributed by atoms with E-state index in [1.165, 1.54) is 6.08 Å². The molecule has 0 spiro atoms. The Kier molecular flexibility index (Phi) is 8.78. The lowest BCUT2D eigenvalue weighted by Crippen LogP contribution is -2.45. The Labute approximate surface area is 176 Å². The minimum absolute atomic E-state index is 0.311. The SMILES string of the molecule is CCOc1cc(/C=C/C(=O)NNC(=S)NCc2ccc(OC)cc2)ccc1OC. The lowest BCUT2D eigenvalue weighted by molar-refractivity contribution is -0.116. The maximum absolute atomic E-state index is 12.0. The first-order valence-electron chi connectivity index (χ1n) is 9.01. The van der Waals surface area contributed by atoms with Crippen molar-refractivity contribution in [1.29, 1.82) is 0 Å². The molecule has 0 saturated carbocycles. The summed E-state index contributed by atoms with van der Waals surface area (Å²) in [4.78, 5) is 12.0. The van der Waals surface area contributed by atoms with Crippen LogP contribution < -0.4 is 30.4 Å². The second-order valence-corrected chi connectivity index (χ2v) is 6.23. The predicted octanol–water partition coefficient (Wildman–Crippen LogP) is 2.81. The van der Waals surface area contributed by atoms with E-state index in [-0.39, 0.29) is 5.91 Å². The lowest BCUT2D eigenvalue weighted by Gasteiger charge is -2.11. The molecule has 0 unspecified atom stereocenters. The Balaban J connectivity index is 1.79. The summed E-state index contributed by atoms with van der Waals surface area (Å²) in [5.74, 6) is 1.72. The molecule has 0 aliphatic carbocycles. The minimum atomic E-state index is -0.340. The average Bonchev–Trinajstić information content (AvgIpc) is 2.75. The maximum atomic E-state index is 12.0. The number of hydrogen-bond acceptors (Lipinski definition) is 5. The summed E-state index contributed by atoms with van der Waals surface area (Å²) in [6.45, 7) is 2.94. The number of hydrazine groups is 1. The fourth-order valence-corrected chi connectivity index (χ4v) is 2.49. The first-order chi connectivity index (χ1) is 14.0. The topological polar surface area (TPSA) is 80.9 Å². The summed E-state index contributed by atoms with van der Waals surface area (Å²) < 4.78 is 15.9. The zero-order valence-corrected chi connectivity index (χ0v) is 17.5. The van der Waals surface area contributed by atoms with Crippen molar-refractivity contribution < 1.29 is 19.0 Å². The molecule has 154 valence electrons. The summed E-state index contributed by atoms with van der Waals surface area (Å²) in [5.41, 5.74) is 7.02. The van der Waals surface area contributed by atoms with Crippen LogP contribution in [-0.4, -0.2) is 31.8 Å². The monoisotopic (exact) mass is 415 g/mol. The van der Waals surface area contributed by atoms with Crippen LogP contribution in [0.5, 0.6) is 17.2 Å². The number of carbonyl (C=O) groups excluding carboxylic acids is 1. The van der Waals surface area contributed by atoms with E-state index in [0.29, 0.717) is 29.8 Å². The summed E-state index contributed by atoms with van der Waals surface area (Å²) >= 11 is 5.16. The van der Waals surface area contributed by atoms with Crippen LogP contribution in [0, 0.1) is 0 Å². The van der Waals surface area contributed by atoms with Gasteiger partial charge in [0.05, 0.1) is 20.8 Å². The normalized spacial score (nSPS) is 10.3. The molecule has 8 heteroatoms. The van der Waals surface area contributed by atoms with E-state index >= 15 is 0 Å². The van der Waals surface area contributed by atoms with Gasteiger partial charge >= 0.3 is 0 Å². The van der Waals surface area contributed by atoms with Gasteiger partial charge in [0.2, 0.25) is 0 Å². The van der Waals surface area contributed by atoms with Crippen LogP contribution in [-0.2, 0) is 11.3 Å². The Morgan fingerprint density at radius 1 is 1.03 bits per heavy atom. The smallest absolute Gasteiger partial charge is 0.262 e. The Bertz CT molecular complexity index is 854. The fourth-order valence-electron chi connectivity index (χ4n) is 2.37. The third kappa shape index (κ3) is 7.34. The molecule has 0 radical (unpaired) electrons. The third-order valence-electron chi connectivity index (χ3n) is 3.83. The van der Waals surface area contributed by atoms with Crippen LogP contribution in [0.4, 0.5) is 0 Å². The van der Waals surface area contributed by atoms with Gasteiger partial charge in [0.1, 0.15) is 5.75 Å². The van der Waals surface area contributed by atoms with Crippen LogP contribution in [0.3, 0.4) is 0 Å². The van der Waals surface area contributed by atoms with E-state index in [1.807, 2.05) is 37.3 Å². The molecule has 1 amide bonds. The zero-order chi connectivity index (χ0) is 21.1. The fraction of sp³-hybridized carbons (Fsp3) is 0.238. The van der Waals surface area contributed by atoms with Crippen LogP contribution in [0.25, 0.3) is 6.08 Å². The number of methoxy groups -OCH3 is 2. The zero-order valence-electron chi connectivity index (χ0n) is 16.7. The second-order valence-electron chi connectivity index (χ2n) is 5.82. The number of carbonyl (C=O) groups is 1. The molecule has 0 saturated heterocycles. The summed E-state index contributed by atoms with van der Waals surface area (Å²) in [5, 5.41) is 3.32. The van der Waals surface area contributed by atoms with Crippen molar-refractivity contribution in [1.82, 2.24) is 16.2 Å². The average molecular weight is 416 g/mol. The van der Waals surface area contributed by atoms with Gasteiger partial charge in [0.15, 0.2) is 16.6 Å². The molecule has 3 N–H and O–H groups in total. The number of thiocarbonyl (C=S) groups is 1. The largest absolute Gasteiger partial charge is 0.497 e. The van der Waals surface area contributed by atoms with Crippen LogP contribution in [0.15, 0.2) is 48.5 Å². The highest BCUT2D eigenvalue weighted by Gasteiger charge is 2.04. The van der Waals surface area contributed by atoms with Crippen molar-refractivity contribution in [3.8, 4) is 17.2 Å². The minimum Gasteiger partial charge on any atom is -0.497 e. The number of benzene rings is 2. The molecular weight excluding hydrogens is 390 g/mol. The molecule has 0 aliphatic rings. The van der Waals surface area contributed by atoms with Gasteiger partial charge in [-0.05, 0) is 60.6 Å². The van der Waals surface area contributed by atoms with E-state index in [2.05, 4.69) is 16.2 Å². The molecule has 0 aromatic heterocycles. The van der Waals surface area contributed by atoms with Crippen LogP contribution >= 0.6 is 12.2 Å². The molecular formula is C21H25N3O4S. The standard InChI is InChI=1S/C21H25N3O4S/c1-4-28-19-13-15(7-11-18(19)27-3)8-12-20(25)23-24-21(29)22-14-16-5-9-17(26-2)10-6-16/h5-13H,4,14H2,1-3H3,(H,23,25)(H2,22,24,29)/b12-8+. The summed E-state index contributed by atoms with van der Waals surface area (Å²) in [6.07, 6.45) is 3.07. The van der Waals surface area contributed by atoms with Crippen molar-refractivity contribution in [2.24, 2.45) is 0 Å². The molecule has 2 aromatic rings. The molecule has 0 aliphatic heterocycles. The van der Waals surface area contributed by atoms with Gasteiger partial charge in [0, 0.05) is 12.6 Å². The van der Waals surface area contributed by atoms with Gasteiger partial charge in [-0.1, -0.05) is 18.2 Å². The van der Waals surface area contributed by atoms with Gasteiger partial charge < -0.3 is 19.5 Å². The molecule has 0 bridgehead atoms. The molecule has 29 heavy (non-hydrogen) atoms. The van der Waals surface area contributed by atoms with Crippen molar-refractivity contribution >= 4 is 29.3 Å². The highest BCUT2D eigenvalue weighted by Crippen LogP contribution is 2.28. The van der Waals surface area contributed by atoms with Gasteiger partial charge in [-0.25, -0.2) is 0 Å². The van der Waals surface area contributed by atoms with E-state index < -0.39 is 0 Å². The van der Waals surface area contributed by atoms with Gasteiger partial charge in [-0.3, -0.25) is 15.6 Å². The molecule has 0 fully saturated rings. The summed E-state index contributed by atoms with van der Waals surface area (Å²) in [7, 11) is 3.20. The van der Waals surface area contributed by atoms with Crippen molar-refractivity contribution in [2.75, 3.05) is 20.8 Å². The molecule has 2 aromatic carbocycles. The molecule has 2 rings (SSSR count). The number of nitrogens with one attached hydrogen (secondary N) is 3. The molecule has 7 nitrogen and oxygen atoms in total. The van der Waals surface area contributed by atoms with Gasteiger partial charge in [-0.15, -0.1) is 0 Å².